The third kappa shape index (κ3) is 65.5. The Morgan fingerprint density at radius 3 is 0.840 bits per heavy atom. The molecule has 0 aliphatic heterocycles. The lowest BCUT2D eigenvalue weighted by Crippen LogP contribution is -2.18. The first-order valence-corrected chi connectivity index (χ1v) is 71.9. The van der Waals surface area contributed by atoms with Gasteiger partial charge in [-0.3, -0.25) is 20.2 Å². The van der Waals surface area contributed by atoms with E-state index in [1.54, 1.807) is 162 Å². The Morgan fingerprint density at radius 2 is 0.562 bits per heavy atom. The minimum Gasteiger partial charge on any atom is -0.263 e. The van der Waals surface area contributed by atoms with Crippen LogP contribution < -0.4 is 0 Å². The number of rotatable bonds is 21. The average Bonchev–Trinajstić information content (AvgIpc) is 0.759. The predicted octanol–water partition coefficient (Wildman–Crippen LogP) is 28.5. The standard InChI is InChI=1S/C11H16O2S2.C10H11Cl3O2S2.2C10H13ClO2S2.C10H9F5O2S2.C10H13NO4S2.C10H14O2S2.C6H11NO2S2.C5H11NO4S2.C5H12O2S2/c1-9-5-7-10(8-6-9)15(12,13)14-11(2,3)4;1-10(2,3)16-17(14,15)9-7(12)4-6(11)5-8(9)13;1-10(2,3)14-15(12,13)9-6-4-8(11)5-7-9;1-10(2,3)14-15(12,13)9-7-5-4-6-8(9)11;1-10(2,3)18-19(16,17)9-7(14)5(12)4(11)6(13)8(9)15;1-10(2,3)16-17(14,15)9-6-4-8(5-7-9)11(12)13;1-10(2,3)13-14(11,12)9-7-5-4-6-8-9;1-6(2,3)10-11(8,9)5-4-7;1-5(2,3)11-12(9,10)4-6(7)8;1-5(2,3)8-9(4,6)7/h5-8H,1-4H3;4-5H,1-3H3;2*4-7H,1-3H3;1-3H3;4-7H,1-3H3;4-8H,1-3H3;5H2,1-3H3;4H2,1-3H3;1-4H3. The van der Waals surface area contributed by atoms with Crippen LogP contribution in [0.25, 0.3) is 0 Å². The predicted molar refractivity (Wildman–Crippen MR) is 600 cm³/mol. The first kappa shape index (κ1) is 145. The molecule has 7 aromatic rings. The number of benzene rings is 7. The molecular weight excluding hydrogens is 2380 g/mol. The zero-order chi connectivity index (χ0) is 115. The van der Waals surface area contributed by atoms with Gasteiger partial charge in [-0.05, 0) is 408 Å². The van der Waals surface area contributed by atoms with Crippen molar-refractivity contribution in [2.75, 3.05) is 17.9 Å². The van der Waals surface area contributed by atoms with E-state index in [1.807, 2.05) is 123 Å². The van der Waals surface area contributed by atoms with Crippen LogP contribution in [-0.4, -0.2) is 159 Å². The largest absolute Gasteiger partial charge is 0.311 e. The molecule has 0 bridgehead atoms. The molecule has 0 N–H and O–H groups in total. The van der Waals surface area contributed by atoms with Gasteiger partial charge in [0.25, 0.3) is 14.6 Å². The Labute approximate surface area is 911 Å². The summed E-state index contributed by atoms with van der Waals surface area (Å²) in [6.45, 7) is 55.5. The van der Waals surface area contributed by atoms with E-state index in [0.717, 1.165) is 91.9 Å². The van der Waals surface area contributed by atoms with E-state index in [2.05, 4.69) is 0 Å². The molecule has 0 atom stereocenters. The van der Waals surface area contributed by atoms with E-state index >= 15 is 0 Å². The Balaban J connectivity index is -0.00000154. The Morgan fingerprint density at radius 1 is 0.306 bits per heavy atom. The first-order valence-electron chi connectivity index (χ1n) is 41.0. The maximum absolute atomic E-state index is 13.4. The molecule has 0 unspecified atom stereocenters. The highest BCUT2D eigenvalue weighted by Gasteiger charge is 2.38. The topological polar surface area (TPSA) is 451 Å². The number of nitro groups is 2. The van der Waals surface area contributed by atoms with Crippen LogP contribution in [0.4, 0.5) is 27.6 Å². The summed E-state index contributed by atoms with van der Waals surface area (Å²) in [6.07, 6.45) is 1.23. The lowest BCUT2D eigenvalue weighted by molar-refractivity contribution is -0.458. The SMILES string of the molecule is CC(C)(C)SS(=O)(=O)CC#N.CC(C)(C)SS(=O)(=O)C[N+](=O)[O-].CC(C)(C)SS(=O)(=O)c1c(Cl)cc(Cl)cc1Cl.CC(C)(C)SS(=O)(=O)c1c(F)c(F)c(F)c(F)c1F.CC(C)(C)SS(=O)(=O)c1ccc(Cl)cc1.CC(C)(C)SS(=O)(=O)c1ccc([N+](=O)[O-])cc1.CC(C)(C)SS(=O)(=O)c1ccccc1.CC(C)(C)SS(=O)(=O)c1ccccc1Cl.CC(C)(C)SS(C)(=O)=O.Cc1ccc(S(=O)(=O)SC(C)(C)C)cc1. The number of hydrogen-bond donors (Lipinski definition) is 0. The summed E-state index contributed by atoms with van der Waals surface area (Å²) in [6, 6.07) is 37.4. The number of non-ortho nitro benzene ring substituents is 1. The second-order valence-corrected chi connectivity index (χ2v) is 87.9. The van der Waals surface area contributed by atoms with Gasteiger partial charge in [-0.15, -0.1) is 0 Å². The summed E-state index contributed by atoms with van der Waals surface area (Å²) in [4.78, 5) is 18.4. The summed E-state index contributed by atoms with van der Waals surface area (Å²) in [5.41, 5.74) is 0.944. The van der Waals surface area contributed by atoms with Gasteiger partial charge in [-0.1, -0.05) is 106 Å². The number of aryl methyl sites for hydroxylation is 1. The fraction of sp³-hybridized carbons (Fsp3) is 0.506. The van der Waals surface area contributed by atoms with Gasteiger partial charge in [0, 0.05) is 80.8 Å². The first-order chi connectivity index (χ1) is 63.6. The van der Waals surface area contributed by atoms with E-state index in [0.29, 0.717) is 35.5 Å². The summed E-state index contributed by atoms with van der Waals surface area (Å²) in [5, 5.41) is 29.7. The number of halogens is 10. The number of nitrogens with zero attached hydrogens (tertiary/aromatic N) is 3. The monoisotopic (exact) mass is 2500 g/mol. The average molecular weight is 2510 g/mol. The van der Waals surface area contributed by atoms with Crippen molar-refractivity contribution in [3.63, 3.8) is 0 Å². The van der Waals surface area contributed by atoms with Gasteiger partial charge in [0.15, 0.2) is 37.0 Å². The summed E-state index contributed by atoms with van der Waals surface area (Å²) >= 11 is 29.0. The van der Waals surface area contributed by atoms with E-state index in [-0.39, 0.29) is 74.7 Å². The Hall–Kier alpha value is -3.07. The van der Waals surface area contributed by atoms with Crippen molar-refractivity contribution in [3.05, 3.63) is 220 Å². The second-order valence-electron chi connectivity index (χ2n) is 39.1. The van der Waals surface area contributed by atoms with Crippen LogP contribution >= 0.6 is 166 Å². The number of hydrogen-bond acceptors (Lipinski definition) is 35. The van der Waals surface area contributed by atoms with Crippen LogP contribution in [0.15, 0.2) is 174 Å². The molecule has 0 aromatic heterocycles. The lowest BCUT2D eigenvalue weighted by Gasteiger charge is -2.18. The molecule has 0 amide bonds. The van der Waals surface area contributed by atoms with Gasteiger partial charge >= 0.3 is 5.88 Å². The summed E-state index contributed by atoms with van der Waals surface area (Å²) in [7, 11) is -26.6. The van der Waals surface area contributed by atoms with Gasteiger partial charge in [-0.25, -0.2) is 106 Å². The fourth-order valence-corrected chi connectivity index (χ4v) is 49.8. The fourth-order valence-electron chi connectivity index (χ4n) is 8.95. The molecule has 0 radical (unpaired) electrons. The molecule has 820 valence electrons. The maximum atomic E-state index is 13.4. The third-order valence-electron chi connectivity index (χ3n) is 12.7. The van der Waals surface area contributed by atoms with Crippen LogP contribution in [0.5, 0.6) is 0 Å². The molecule has 0 aliphatic rings. The van der Waals surface area contributed by atoms with Crippen LogP contribution in [0.2, 0.25) is 25.1 Å². The van der Waals surface area contributed by atoms with Gasteiger partial charge in [-0.2, -0.15) is 5.26 Å². The van der Waals surface area contributed by atoms with Crippen molar-refractivity contribution in [2.45, 2.75) is 296 Å². The van der Waals surface area contributed by atoms with Crippen LogP contribution in [0.1, 0.15) is 213 Å². The summed E-state index contributed by atoms with van der Waals surface area (Å²) < 4.78 is 293. The van der Waals surface area contributed by atoms with Crippen molar-refractivity contribution in [3.8, 4) is 6.07 Å². The Bertz CT molecular complexity index is 6610. The highest BCUT2D eigenvalue weighted by molar-refractivity contribution is 8.75. The van der Waals surface area contributed by atoms with Crippen molar-refractivity contribution >= 4 is 260 Å². The molecule has 0 heterocycles. The third-order valence-corrected chi connectivity index (χ3v) is 55.4. The van der Waals surface area contributed by atoms with Crippen molar-refractivity contribution < 1.29 is 116 Å². The molecule has 7 rings (SSSR count). The lowest BCUT2D eigenvalue weighted by atomic mass is 10.2. The van der Waals surface area contributed by atoms with Crippen LogP contribution in [-0.2, 0) is 88.7 Å². The van der Waals surface area contributed by atoms with Gasteiger partial charge in [0.1, 0.15) is 10.6 Å². The minimum atomic E-state index is -4.72. The number of nitro benzene ring substituents is 1. The zero-order valence-electron chi connectivity index (χ0n) is 84.8. The molecule has 0 fully saturated rings. The molecule has 57 heteroatoms. The minimum absolute atomic E-state index is 0.0410. The Kier molecular flexibility index (Phi) is 58.3. The van der Waals surface area contributed by atoms with Gasteiger partial charge < -0.3 is 0 Å². The zero-order valence-corrected chi connectivity index (χ0v) is 105. The molecule has 0 saturated heterocycles. The smallest absolute Gasteiger partial charge is 0.263 e. The molecule has 27 nitrogen and oxygen atoms in total. The summed E-state index contributed by atoms with van der Waals surface area (Å²) in [5.74, 6) is -13.1. The maximum Gasteiger partial charge on any atom is 0.311 e. The van der Waals surface area contributed by atoms with E-state index < -0.39 is 163 Å². The van der Waals surface area contributed by atoms with Crippen molar-refractivity contribution in [1.29, 1.82) is 5.26 Å². The van der Waals surface area contributed by atoms with E-state index in [9.17, 15) is 126 Å². The number of nitriles is 1. The highest BCUT2D eigenvalue weighted by Crippen LogP contribution is 2.45. The van der Waals surface area contributed by atoms with E-state index in [1.165, 1.54) is 81.6 Å². The normalized spacial score (nSPS) is 12.8. The van der Waals surface area contributed by atoms with Crippen molar-refractivity contribution in [2.24, 2.45) is 0 Å². The molecular formula is C87H123Cl5F5N3O24S20. The van der Waals surface area contributed by atoms with Crippen LogP contribution in [0.3, 0.4) is 0 Å². The quantitative estimate of drug-likeness (QED) is 0.0161. The molecule has 0 aliphatic carbocycles. The molecule has 7 aromatic carbocycles. The molecule has 144 heavy (non-hydrogen) atoms. The van der Waals surface area contributed by atoms with Gasteiger partial charge in [0.2, 0.25) is 76.8 Å². The van der Waals surface area contributed by atoms with Crippen LogP contribution in [0, 0.1) is 67.6 Å². The van der Waals surface area contributed by atoms with E-state index in [4.69, 9.17) is 63.3 Å². The van der Waals surface area contributed by atoms with Gasteiger partial charge in [0.05, 0.1) is 50.5 Å². The molecule has 0 spiro atoms. The van der Waals surface area contributed by atoms with Crippen molar-refractivity contribution in [1.82, 2.24) is 0 Å². The molecule has 0 saturated carbocycles. The highest BCUT2D eigenvalue weighted by atomic mass is 35.5. The second kappa shape index (κ2) is 57.9.